The smallest absolute Gasteiger partial charge is 0.307 e. The Balaban J connectivity index is 1.36. The Morgan fingerprint density at radius 2 is 1.20 bits per heavy atom. The molecule has 5 nitrogen and oxygen atoms in total. The third-order valence-corrected chi connectivity index (χ3v) is 9.96. The second kappa shape index (κ2) is 10.2. The van der Waals surface area contributed by atoms with Crippen LogP contribution in [0.1, 0.15) is 22.3 Å². The number of hydrogen-bond donors (Lipinski definition) is 1. The molecular weight excluding hydrogens is 589 g/mol. The second-order valence-corrected chi connectivity index (χ2v) is 12.6. The standard InChI is InChI=1S/C40H26N2O3S/c43-46(44)30-22-19-26(20-23-30)38-37(41-39-42(38)35-17-9-10-18-36(35)45-39)27-21-24-32-31-15-7-8-16-33(31)40(34(32)25-27,28-11-3-1-4-12-28)29-13-5-2-6-14-29/h1-25,46H. The summed E-state index contributed by atoms with van der Waals surface area (Å²) in [5.41, 5.74) is 11.7. The highest BCUT2D eigenvalue weighted by Crippen LogP contribution is 2.56. The molecule has 6 aromatic carbocycles. The lowest BCUT2D eigenvalue weighted by molar-refractivity contribution is 0.614. The van der Waals surface area contributed by atoms with Gasteiger partial charge in [0.05, 0.1) is 21.5 Å². The number of hydrogen-bond acceptors (Lipinski definition) is 4. The average molecular weight is 615 g/mol. The van der Waals surface area contributed by atoms with Crippen molar-refractivity contribution in [2.45, 2.75) is 10.3 Å². The highest BCUT2D eigenvalue weighted by Gasteiger charge is 2.46. The van der Waals surface area contributed by atoms with Gasteiger partial charge < -0.3 is 4.42 Å². The van der Waals surface area contributed by atoms with E-state index in [0.717, 1.165) is 33.6 Å². The lowest BCUT2D eigenvalue weighted by Crippen LogP contribution is -2.28. The predicted octanol–water partition coefficient (Wildman–Crippen LogP) is 8.75. The van der Waals surface area contributed by atoms with Crippen LogP contribution in [0.4, 0.5) is 0 Å². The summed E-state index contributed by atoms with van der Waals surface area (Å²) in [4.78, 5) is 5.37. The number of aromatic nitrogens is 2. The van der Waals surface area contributed by atoms with Crippen molar-refractivity contribution in [3.8, 4) is 33.6 Å². The first-order valence-corrected chi connectivity index (χ1v) is 16.3. The summed E-state index contributed by atoms with van der Waals surface area (Å²) in [7, 11) is -2.69. The maximum atomic E-state index is 11.7. The van der Waals surface area contributed by atoms with Gasteiger partial charge in [-0.05, 0) is 63.7 Å². The highest BCUT2D eigenvalue weighted by molar-refractivity contribution is 7.72. The summed E-state index contributed by atoms with van der Waals surface area (Å²) in [5.74, 6) is 0.478. The molecule has 0 amide bonds. The van der Waals surface area contributed by atoms with Crippen molar-refractivity contribution in [3.05, 3.63) is 174 Å². The van der Waals surface area contributed by atoms with Crippen LogP contribution in [0.2, 0.25) is 0 Å². The summed E-state index contributed by atoms with van der Waals surface area (Å²) in [6, 6.07) is 51.6. The summed E-state index contributed by atoms with van der Waals surface area (Å²) in [5, 5.41) is 0. The van der Waals surface area contributed by atoms with Crippen molar-refractivity contribution in [1.82, 2.24) is 9.38 Å². The number of benzene rings is 6. The molecule has 1 aliphatic carbocycles. The van der Waals surface area contributed by atoms with Crippen LogP contribution in [0.5, 0.6) is 0 Å². The third kappa shape index (κ3) is 3.74. The predicted molar refractivity (Wildman–Crippen MR) is 182 cm³/mol. The first-order valence-electron chi connectivity index (χ1n) is 15.2. The number of nitrogens with zero attached hydrogens (tertiary/aromatic N) is 2. The zero-order chi connectivity index (χ0) is 30.8. The van der Waals surface area contributed by atoms with Gasteiger partial charge in [0.25, 0.3) is 0 Å². The molecule has 0 bridgehead atoms. The van der Waals surface area contributed by atoms with E-state index in [1.807, 2.05) is 40.8 Å². The van der Waals surface area contributed by atoms with Crippen LogP contribution in [0.15, 0.2) is 161 Å². The van der Waals surface area contributed by atoms with Gasteiger partial charge in [-0.15, -0.1) is 0 Å². The molecule has 6 heteroatoms. The van der Waals surface area contributed by atoms with Crippen molar-refractivity contribution in [1.29, 1.82) is 0 Å². The van der Waals surface area contributed by atoms with Crippen LogP contribution >= 0.6 is 0 Å². The van der Waals surface area contributed by atoms with Crippen LogP contribution in [0, 0.1) is 0 Å². The van der Waals surface area contributed by atoms with Gasteiger partial charge >= 0.3 is 5.84 Å². The summed E-state index contributed by atoms with van der Waals surface area (Å²) < 4.78 is 31.8. The zero-order valence-electron chi connectivity index (χ0n) is 24.5. The topological polar surface area (TPSA) is 64.6 Å². The summed E-state index contributed by atoms with van der Waals surface area (Å²) in [6.45, 7) is 0. The molecular formula is C40H26N2O3S. The van der Waals surface area contributed by atoms with Crippen molar-refractivity contribution < 1.29 is 12.8 Å². The number of para-hydroxylation sites is 2. The molecule has 220 valence electrons. The van der Waals surface area contributed by atoms with E-state index < -0.39 is 16.1 Å². The molecule has 0 N–H and O–H groups in total. The quantitative estimate of drug-likeness (QED) is 0.197. The fourth-order valence-electron chi connectivity index (χ4n) is 7.32. The monoisotopic (exact) mass is 614 g/mol. The van der Waals surface area contributed by atoms with Crippen LogP contribution < -0.4 is 0 Å². The normalized spacial score (nSPS) is 13.3. The van der Waals surface area contributed by atoms with Crippen molar-refractivity contribution in [2.24, 2.45) is 0 Å². The maximum Gasteiger partial charge on any atom is 0.307 e. The Bertz CT molecular complexity index is 2460. The Hall–Kier alpha value is -5.72. The van der Waals surface area contributed by atoms with Crippen LogP contribution in [0.25, 0.3) is 50.6 Å². The van der Waals surface area contributed by atoms with Gasteiger partial charge in [0, 0.05) is 11.1 Å². The summed E-state index contributed by atoms with van der Waals surface area (Å²) >= 11 is 0. The minimum absolute atomic E-state index is 0.268. The van der Waals surface area contributed by atoms with E-state index in [4.69, 9.17) is 9.40 Å². The molecule has 0 aliphatic heterocycles. The van der Waals surface area contributed by atoms with Crippen molar-refractivity contribution in [2.75, 3.05) is 0 Å². The Kier molecular flexibility index (Phi) is 5.89. The molecule has 0 saturated heterocycles. The Morgan fingerprint density at radius 1 is 0.587 bits per heavy atom. The summed E-state index contributed by atoms with van der Waals surface area (Å²) in [6.07, 6.45) is 0. The van der Waals surface area contributed by atoms with Crippen LogP contribution in [0.3, 0.4) is 0 Å². The third-order valence-electron chi connectivity index (χ3n) is 9.24. The molecule has 2 aromatic heterocycles. The van der Waals surface area contributed by atoms with Gasteiger partial charge in [-0.1, -0.05) is 121 Å². The van der Waals surface area contributed by atoms with E-state index in [1.165, 1.54) is 33.4 Å². The first-order chi connectivity index (χ1) is 22.6. The number of imidazole rings is 1. The molecule has 46 heavy (non-hydrogen) atoms. The SMILES string of the molecule is O=[SH](=O)c1ccc(-c2c(-c3ccc4c(c3)C(c3ccccc3)(c3ccccc3)c3ccccc3-4)nc3oc4ccccc4n23)cc1. The molecule has 0 fully saturated rings. The Morgan fingerprint density at radius 3 is 1.91 bits per heavy atom. The molecule has 0 spiro atoms. The average Bonchev–Trinajstić information content (AvgIpc) is 3.76. The number of thiol groups is 1. The van der Waals surface area contributed by atoms with Gasteiger partial charge in [-0.2, -0.15) is 4.98 Å². The van der Waals surface area contributed by atoms with Gasteiger partial charge in [0.15, 0.2) is 16.3 Å². The van der Waals surface area contributed by atoms with Gasteiger partial charge in [0.1, 0.15) is 5.69 Å². The van der Waals surface area contributed by atoms with E-state index in [0.29, 0.717) is 5.84 Å². The van der Waals surface area contributed by atoms with Gasteiger partial charge in [-0.25, -0.2) is 8.42 Å². The van der Waals surface area contributed by atoms with E-state index in [1.54, 1.807) is 12.1 Å². The lowest BCUT2D eigenvalue weighted by Gasteiger charge is -2.34. The molecule has 0 radical (unpaired) electrons. The molecule has 0 saturated carbocycles. The fraction of sp³-hybridized carbons (Fsp3) is 0.0250. The van der Waals surface area contributed by atoms with Crippen molar-refractivity contribution >= 4 is 27.6 Å². The maximum absolute atomic E-state index is 11.7. The lowest BCUT2D eigenvalue weighted by atomic mass is 9.67. The minimum Gasteiger partial charge on any atom is -0.423 e. The van der Waals surface area contributed by atoms with Gasteiger partial charge in [0.2, 0.25) is 0 Å². The number of oxazole rings is 1. The van der Waals surface area contributed by atoms with Crippen molar-refractivity contribution in [3.63, 3.8) is 0 Å². The molecule has 1 aliphatic rings. The number of fused-ring (bicyclic) bond motifs is 6. The van der Waals surface area contributed by atoms with E-state index in [-0.39, 0.29) is 4.90 Å². The van der Waals surface area contributed by atoms with Crippen LogP contribution in [-0.4, -0.2) is 17.8 Å². The molecule has 0 atom stereocenters. The van der Waals surface area contributed by atoms with Gasteiger partial charge in [-0.3, -0.25) is 4.40 Å². The van der Waals surface area contributed by atoms with E-state index in [9.17, 15) is 8.42 Å². The largest absolute Gasteiger partial charge is 0.423 e. The molecule has 9 rings (SSSR count). The molecule has 8 aromatic rings. The highest BCUT2D eigenvalue weighted by atomic mass is 32.2. The zero-order valence-corrected chi connectivity index (χ0v) is 25.4. The Labute approximate surface area is 267 Å². The molecule has 2 heterocycles. The fourth-order valence-corrected chi connectivity index (χ4v) is 7.71. The second-order valence-electron chi connectivity index (χ2n) is 11.6. The van der Waals surface area contributed by atoms with E-state index in [2.05, 4.69) is 103 Å². The first kappa shape index (κ1) is 26.7. The minimum atomic E-state index is -2.69. The number of rotatable bonds is 5. The van der Waals surface area contributed by atoms with E-state index >= 15 is 0 Å². The molecule has 0 unspecified atom stereocenters. The van der Waals surface area contributed by atoms with Crippen LogP contribution in [-0.2, 0) is 16.1 Å².